The van der Waals surface area contributed by atoms with E-state index in [0.717, 1.165) is 30.1 Å². The molecular weight excluding hydrogens is 266 g/mol. The molecule has 1 amide bonds. The van der Waals surface area contributed by atoms with Crippen molar-refractivity contribution in [1.29, 1.82) is 0 Å². The third-order valence-electron chi connectivity index (χ3n) is 3.45. The SMILES string of the molecule is CCc1nnsc1C(=O)N1CCC(CC(=O)O)CC1. The summed E-state index contributed by atoms with van der Waals surface area (Å²) < 4.78 is 3.83. The maximum Gasteiger partial charge on any atom is 0.303 e. The Bertz CT molecular complexity index is 467. The van der Waals surface area contributed by atoms with Crippen LogP contribution in [-0.2, 0) is 11.2 Å². The van der Waals surface area contributed by atoms with Crippen LogP contribution >= 0.6 is 11.5 Å². The van der Waals surface area contributed by atoms with Crippen LogP contribution in [0.5, 0.6) is 0 Å². The van der Waals surface area contributed by atoms with E-state index in [2.05, 4.69) is 9.59 Å². The number of aryl methyl sites for hydroxylation is 1. The monoisotopic (exact) mass is 283 g/mol. The fraction of sp³-hybridized carbons (Fsp3) is 0.667. The zero-order valence-electron chi connectivity index (χ0n) is 10.8. The summed E-state index contributed by atoms with van der Waals surface area (Å²) in [4.78, 5) is 25.4. The number of aromatic nitrogens is 2. The van der Waals surface area contributed by atoms with E-state index in [1.54, 1.807) is 4.90 Å². The molecule has 0 spiro atoms. The summed E-state index contributed by atoms with van der Waals surface area (Å²) in [6.07, 6.45) is 2.41. The van der Waals surface area contributed by atoms with E-state index in [4.69, 9.17) is 5.11 Å². The van der Waals surface area contributed by atoms with Crippen molar-refractivity contribution in [3.05, 3.63) is 10.6 Å². The number of piperidine rings is 1. The van der Waals surface area contributed by atoms with E-state index in [-0.39, 0.29) is 18.2 Å². The molecular formula is C12H17N3O3S. The average molecular weight is 283 g/mol. The minimum Gasteiger partial charge on any atom is -0.481 e. The van der Waals surface area contributed by atoms with E-state index in [0.29, 0.717) is 24.4 Å². The number of hydrogen-bond acceptors (Lipinski definition) is 5. The molecule has 0 atom stereocenters. The number of aliphatic carboxylic acids is 1. The first-order valence-electron chi connectivity index (χ1n) is 6.44. The molecule has 1 saturated heterocycles. The molecule has 1 aromatic rings. The second-order valence-corrected chi connectivity index (χ2v) is 5.49. The molecule has 2 heterocycles. The molecule has 104 valence electrons. The van der Waals surface area contributed by atoms with Crippen molar-refractivity contribution in [2.45, 2.75) is 32.6 Å². The molecule has 0 unspecified atom stereocenters. The average Bonchev–Trinajstić information content (AvgIpc) is 2.86. The van der Waals surface area contributed by atoms with Gasteiger partial charge in [-0.05, 0) is 36.7 Å². The highest BCUT2D eigenvalue weighted by molar-refractivity contribution is 7.08. The van der Waals surface area contributed by atoms with Crippen LogP contribution in [0.4, 0.5) is 0 Å². The van der Waals surface area contributed by atoms with Crippen LogP contribution in [0.3, 0.4) is 0 Å². The molecule has 0 aliphatic carbocycles. The molecule has 0 radical (unpaired) electrons. The van der Waals surface area contributed by atoms with E-state index >= 15 is 0 Å². The summed E-state index contributed by atoms with van der Waals surface area (Å²) in [7, 11) is 0. The highest BCUT2D eigenvalue weighted by atomic mass is 32.1. The molecule has 19 heavy (non-hydrogen) atoms. The van der Waals surface area contributed by atoms with E-state index in [1.807, 2.05) is 6.92 Å². The van der Waals surface area contributed by atoms with Crippen molar-refractivity contribution in [2.75, 3.05) is 13.1 Å². The van der Waals surface area contributed by atoms with Crippen molar-refractivity contribution in [1.82, 2.24) is 14.5 Å². The molecule has 6 nitrogen and oxygen atoms in total. The third kappa shape index (κ3) is 3.28. The second-order valence-electron chi connectivity index (χ2n) is 4.74. The van der Waals surface area contributed by atoms with Crippen molar-refractivity contribution < 1.29 is 14.7 Å². The number of likely N-dealkylation sites (tertiary alicyclic amines) is 1. The summed E-state index contributed by atoms with van der Waals surface area (Å²) in [6.45, 7) is 3.20. The number of carboxylic acids is 1. The number of nitrogens with zero attached hydrogens (tertiary/aromatic N) is 3. The Morgan fingerprint density at radius 3 is 2.68 bits per heavy atom. The maximum absolute atomic E-state index is 12.3. The quantitative estimate of drug-likeness (QED) is 0.903. The maximum atomic E-state index is 12.3. The largest absolute Gasteiger partial charge is 0.481 e. The van der Waals surface area contributed by atoms with Crippen LogP contribution in [0.1, 0.15) is 41.6 Å². The lowest BCUT2D eigenvalue weighted by molar-refractivity contribution is -0.138. The predicted octanol–water partition coefficient (Wildman–Crippen LogP) is 1.43. The minimum absolute atomic E-state index is 0.0133. The van der Waals surface area contributed by atoms with Gasteiger partial charge in [-0.3, -0.25) is 9.59 Å². The highest BCUT2D eigenvalue weighted by Crippen LogP contribution is 2.23. The van der Waals surface area contributed by atoms with Gasteiger partial charge < -0.3 is 10.0 Å². The van der Waals surface area contributed by atoms with Gasteiger partial charge in [0, 0.05) is 19.5 Å². The molecule has 1 aromatic heterocycles. The predicted molar refractivity (Wildman–Crippen MR) is 70.2 cm³/mol. The zero-order chi connectivity index (χ0) is 13.8. The van der Waals surface area contributed by atoms with Crippen molar-refractivity contribution in [2.24, 2.45) is 5.92 Å². The Morgan fingerprint density at radius 1 is 1.42 bits per heavy atom. The molecule has 1 N–H and O–H groups in total. The Balaban J connectivity index is 1.94. The first-order chi connectivity index (χ1) is 9.11. The van der Waals surface area contributed by atoms with Gasteiger partial charge in [-0.25, -0.2) is 0 Å². The van der Waals surface area contributed by atoms with Crippen molar-refractivity contribution in [3.8, 4) is 0 Å². The van der Waals surface area contributed by atoms with Gasteiger partial charge in [0.2, 0.25) is 0 Å². The second kappa shape index (κ2) is 6.10. The molecule has 0 saturated carbocycles. The minimum atomic E-state index is -0.760. The number of amides is 1. The summed E-state index contributed by atoms with van der Waals surface area (Å²) in [6, 6.07) is 0. The highest BCUT2D eigenvalue weighted by Gasteiger charge is 2.27. The number of carbonyl (C=O) groups is 2. The van der Waals surface area contributed by atoms with Crippen LogP contribution in [0, 0.1) is 5.92 Å². The lowest BCUT2D eigenvalue weighted by atomic mass is 9.93. The van der Waals surface area contributed by atoms with Crippen LogP contribution in [-0.4, -0.2) is 44.6 Å². The third-order valence-corrected chi connectivity index (χ3v) is 4.21. The molecule has 7 heteroatoms. The van der Waals surface area contributed by atoms with E-state index in [9.17, 15) is 9.59 Å². The van der Waals surface area contributed by atoms with E-state index in [1.165, 1.54) is 0 Å². The first kappa shape index (κ1) is 13.9. The van der Waals surface area contributed by atoms with Gasteiger partial charge in [0.15, 0.2) is 0 Å². The molecule has 1 aliphatic rings. The number of carboxylic acid groups (broad SMARTS) is 1. The van der Waals surface area contributed by atoms with Gasteiger partial charge in [-0.1, -0.05) is 11.4 Å². The Labute approximate surface area is 115 Å². The molecule has 0 bridgehead atoms. The van der Waals surface area contributed by atoms with Crippen LogP contribution in [0.15, 0.2) is 0 Å². The standard InChI is InChI=1S/C12H17N3O3S/c1-2-9-11(19-14-13-9)12(18)15-5-3-8(4-6-15)7-10(16)17/h8H,2-7H2,1H3,(H,16,17). The lowest BCUT2D eigenvalue weighted by Crippen LogP contribution is -2.38. The van der Waals surface area contributed by atoms with Crippen LogP contribution in [0.2, 0.25) is 0 Å². The van der Waals surface area contributed by atoms with Crippen LogP contribution < -0.4 is 0 Å². The summed E-state index contributed by atoms with van der Waals surface area (Å²) in [5.41, 5.74) is 0.752. The van der Waals surface area contributed by atoms with Crippen LogP contribution in [0.25, 0.3) is 0 Å². The number of carbonyl (C=O) groups excluding carboxylic acids is 1. The molecule has 1 aliphatic heterocycles. The summed E-state index contributed by atoms with van der Waals surface area (Å²) >= 11 is 1.14. The lowest BCUT2D eigenvalue weighted by Gasteiger charge is -2.31. The molecule has 0 aromatic carbocycles. The zero-order valence-corrected chi connectivity index (χ0v) is 11.7. The Morgan fingerprint density at radius 2 is 2.11 bits per heavy atom. The topological polar surface area (TPSA) is 83.4 Å². The Kier molecular flexibility index (Phi) is 4.47. The van der Waals surface area contributed by atoms with Crippen molar-refractivity contribution in [3.63, 3.8) is 0 Å². The fourth-order valence-corrected chi connectivity index (χ4v) is 3.05. The summed E-state index contributed by atoms with van der Waals surface area (Å²) in [5.74, 6) is -0.586. The van der Waals surface area contributed by atoms with E-state index < -0.39 is 5.97 Å². The van der Waals surface area contributed by atoms with Gasteiger partial charge in [0.1, 0.15) is 4.88 Å². The Hall–Kier alpha value is -1.50. The summed E-state index contributed by atoms with van der Waals surface area (Å²) in [5, 5.41) is 12.7. The van der Waals surface area contributed by atoms with Gasteiger partial charge in [-0.15, -0.1) is 5.10 Å². The smallest absolute Gasteiger partial charge is 0.303 e. The molecule has 1 fully saturated rings. The van der Waals surface area contributed by atoms with Gasteiger partial charge in [0.25, 0.3) is 5.91 Å². The normalized spacial score (nSPS) is 16.6. The van der Waals surface area contributed by atoms with Crippen molar-refractivity contribution >= 4 is 23.4 Å². The van der Waals surface area contributed by atoms with Gasteiger partial charge >= 0.3 is 5.97 Å². The number of hydrogen-bond donors (Lipinski definition) is 1. The van der Waals surface area contributed by atoms with Gasteiger partial charge in [0.05, 0.1) is 5.69 Å². The van der Waals surface area contributed by atoms with Gasteiger partial charge in [-0.2, -0.15) is 0 Å². The fourth-order valence-electron chi connectivity index (χ4n) is 2.33. The molecule has 2 rings (SSSR count). The number of rotatable bonds is 4. The first-order valence-corrected chi connectivity index (χ1v) is 7.21.